The smallest absolute Gasteiger partial charge is 0.333 e. The summed E-state index contributed by atoms with van der Waals surface area (Å²) in [5.41, 5.74) is 1.60. The van der Waals surface area contributed by atoms with Gasteiger partial charge in [-0.3, -0.25) is 10.1 Å². The molecular formula is C12H18N6O2. The lowest BCUT2D eigenvalue weighted by Gasteiger charge is -2.04. The maximum atomic E-state index is 11.2. The van der Waals surface area contributed by atoms with E-state index in [0.29, 0.717) is 30.9 Å². The molecule has 0 saturated carbocycles. The topological polar surface area (TPSA) is 102 Å². The zero-order valence-electron chi connectivity index (χ0n) is 11.6. The van der Waals surface area contributed by atoms with Crippen LogP contribution < -0.4 is 5.32 Å². The molecule has 2 aromatic heterocycles. The summed E-state index contributed by atoms with van der Waals surface area (Å²) < 4.78 is 1.54. The monoisotopic (exact) mass is 278 g/mol. The summed E-state index contributed by atoms with van der Waals surface area (Å²) in [5.74, 6) is 0.456. The molecule has 8 nitrogen and oxygen atoms in total. The van der Waals surface area contributed by atoms with E-state index in [4.69, 9.17) is 0 Å². The zero-order valence-corrected chi connectivity index (χ0v) is 11.6. The maximum Gasteiger partial charge on any atom is 0.333 e. The highest BCUT2D eigenvalue weighted by Crippen LogP contribution is 2.28. The van der Waals surface area contributed by atoms with Gasteiger partial charge in [-0.15, -0.1) is 0 Å². The molecule has 2 heterocycles. The van der Waals surface area contributed by atoms with Crippen LogP contribution in [0, 0.1) is 10.1 Å². The number of aromatic amines is 1. The summed E-state index contributed by atoms with van der Waals surface area (Å²) in [4.78, 5) is 17.8. The molecule has 0 aromatic carbocycles. The fourth-order valence-corrected chi connectivity index (χ4v) is 2.10. The summed E-state index contributed by atoms with van der Waals surface area (Å²) in [6.45, 7) is 2.55. The number of aryl methyl sites for hydroxylation is 2. The highest BCUT2D eigenvalue weighted by molar-refractivity contribution is 5.59. The Morgan fingerprint density at radius 3 is 2.90 bits per heavy atom. The number of H-pyrrole nitrogens is 1. The Kier molecular flexibility index (Phi) is 4.34. The van der Waals surface area contributed by atoms with Crippen LogP contribution in [0.4, 0.5) is 11.5 Å². The van der Waals surface area contributed by atoms with Gasteiger partial charge in [0.05, 0.1) is 11.3 Å². The molecule has 0 unspecified atom stereocenters. The maximum absolute atomic E-state index is 11.2. The number of rotatable bonds is 7. The molecule has 0 amide bonds. The van der Waals surface area contributed by atoms with Gasteiger partial charge in [0.2, 0.25) is 5.82 Å². The molecule has 20 heavy (non-hydrogen) atoms. The Balaban J connectivity index is 2.11. The average molecular weight is 278 g/mol. The molecule has 0 fully saturated rings. The van der Waals surface area contributed by atoms with Crippen molar-refractivity contribution in [3.63, 3.8) is 0 Å². The molecule has 0 aliphatic rings. The van der Waals surface area contributed by atoms with E-state index >= 15 is 0 Å². The van der Waals surface area contributed by atoms with Gasteiger partial charge in [0, 0.05) is 31.9 Å². The number of anilines is 1. The summed E-state index contributed by atoms with van der Waals surface area (Å²) >= 11 is 0. The van der Waals surface area contributed by atoms with E-state index in [-0.39, 0.29) is 10.6 Å². The summed E-state index contributed by atoms with van der Waals surface area (Å²) in [6.07, 6.45) is 5.49. The minimum Gasteiger partial charge on any atom is -0.364 e. The molecule has 0 spiro atoms. The lowest BCUT2D eigenvalue weighted by atomic mass is 10.2. The minimum atomic E-state index is -0.365. The lowest BCUT2D eigenvalue weighted by molar-refractivity contribution is -0.384. The Morgan fingerprint density at radius 1 is 1.50 bits per heavy atom. The van der Waals surface area contributed by atoms with Crippen molar-refractivity contribution >= 4 is 11.5 Å². The highest BCUT2D eigenvalue weighted by atomic mass is 16.6. The van der Waals surface area contributed by atoms with Crippen molar-refractivity contribution in [2.45, 2.75) is 26.2 Å². The Bertz CT molecular complexity index is 575. The van der Waals surface area contributed by atoms with Crippen LogP contribution in [0.5, 0.6) is 0 Å². The summed E-state index contributed by atoms with van der Waals surface area (Å²) in [5, 5.41) is 18.5. The first kappa shape index (κ1) is 14.0. The molecule has 8 heteroatoms. The second-order valence-corrected chi connectivity index (χ2v) is 4.53. The second kappa shape index (κ2) is 6.18. The fraction of sp³-hybridized carbons (Fsp3) is 0.500. The minimum absolute atomic E-state index is 0.0824. The van der Waals surface area contributed by atoms with Crippen LogP contribution >= 0.6 is 0 Å². The Hall–Kier alpha value is -2.38. The number of nitrogens with one attached hydrogen (secondary N) is 2. The predicted octanol–water partition coefficient (Wildman–Crippen LogP) is 1.66. The van der Waals surface area contributed by atoms with Crippen molar-refractivity contribution in [2.75, 3.05) is 11.9 Å². The average Bonchev–Trinajstić information content (AvgIpc) is 2.99. The molecule has 0 aliphatic carbocycles. The van der Waals surface area contributed by atoms with Gasteiger partial charge in [-0.25, -0.2) is 9.67 Å². The molecule has 2 rings (SSSR count). The number of nitro groups is 1. The molecule has 0 aliphatic heterocycles. The number of nitrogens with zero attached hydrogens (tertiary/aromatic N) is 4. The first-order valence-corrected chi connectivity index (χ1v) is 6.54. The molecule has 0 saturated heterocycles. The normalized spacial score (nSPS) is 10.7. The van der Waals surface area contributed by atoms with E-state index in [0.717, 1.165) is 12.1 Å². The van der Waals surface area contributed by atoms with Crippen molar-refractivity contribution < 1.29 is 4.92 Å². The third-order valence-corrected chi connectivity index (χ3v) is 3.00. The molecule has 108 valence electrons. The van der Waals surface area contributed by atoms with Crippen LogP contribution in [-0.4, -0.2) is 31.2 Å². The van der Waals surface area contributed by atoms with E-state index in [9.17, 15) is 10.1 Å². The van der Waals surface area contributed by atoms with Gasteiger partial charge in [-0.2, -0.15) is 5.10 Å². The molecule has 0 bridgehead atoms. The van der Waals surface area contributed by atoms with Crippen molar-refractivity contribution in [1.29, 1.82) is 0 Å². The van der Waals surface area contributed by atoms with Crippen molar-refractivity contribution in [3.8, 4) is 0 Å². The summed E-state index contributed by atoms with van der Waals surface area (Å²) in [6, 6.07) is 0. The SMILES string of the molecule is CCCc1nn(C)c(NCCc2cnc[nH]2)c1[N+](=O)[O-]. The number of imidazole rings is 1. The van der Waals surface area contributed by atoms with Gasteiger partial charge < -0.3 is 10.3 Å². The van der Waals surface area contributed by atoms with E-state index in [1.165, 1.54) is 4.68 Å². The predicted molar refractivity (Wildman–Crippen MR) is 74.6 cm³/mol. The van der Waals surface area contributed by atoms with Crippen LogP contribution in [0.15, 0.2) is 12.5 Å². The largest absolute Gasteiger partial charge is 0.364 e. The standard InChI is InChI=1S/C12H18N6O2/c1-3-4-10-11(18(19)20)12(17(2)16-10)14-6-5-9-7-13-8-15-9/h7-8,14H,3-6H2,1-2H3,(H,13,15). The molecule has 2 aromatic rings. The zero-order chi connectivity index (χ0) is 14.5. The molecular weight excluding hydrogens is 260 g/mol. The first-order chi connectivity index (χ1) is 9.63. The van der Waals surface area contributed by atoms with E-state index in [1.54, 1.807) is 19.6 Å². The fourth-order valence-electron chi connectivity index (χ4n) is 2.10. The van der Waals surface area contributed by atoms with Crippen LogP contribution in [0.3, 0.4) is 0 Å². The van der Waals surface area contributed by atoms with Crippen molar-refractivity contribution in [2.24, 2.45) is 7.05 Å². The van der Waals surface area contributed by atoms with Gasteiger partial charge in [-0.1, -0.05) is 13.3 Å². The van der Waals surface area contributed by atoms with Gasteiger partial charge >= 0.3 is 5.69 Å². The Morgan fingerprint density at radius 2 is 2.30 bits per heavy atom. The quantitative estimate of drug-likeness (QED) is 0.592. The number of hydrogen-bond acceptors (Lipinski definition) is 5. The van der Waals surface area contributed by atoms with Crippen LogP contribution in [0.2, 0.25) is 0 Å². The van der Waals surface area contributed by atoms with Gasteiger partial charge in [-0.05, 0) is 6.42 Å². The van der Waals surface area contributed by atoms with Crippen molar-refractivity contribution in [3.05, 3.63) is 34.0 Å². The van der Waals surface area contributed by atoms with E-state index in [1.807, 2.05) is 6.92 Å². The molecule has 0 radical (unpaired) electrons. The van der Waals surface area contributed by atoms with Crippen LogP contribution in [-0.2, 0) is 19.9 Å². The lowest BCUT2D eigenvalue weighted by Crippen LogP contribution is -2.10. The molecule has 0 atom stereocenters. The van der Waals surface area contributed by atoms with E-state index < -0.39 is 0 Å². The first-order valence-electron chi connectivity index (χ1n) is 6.54. The number of hydrogen-bond donors (Lipinski definition) is 2. The Labute approximate surface area is 116 Å². The highest BCUT2D eigenvalue weighted by Gasteiger charge is 2.25. The second-order valence-electron chi connectivity index (χ2n) is 4.53. The third kappa shape index (κ3) is 2.95. The van der Waals surface area contributed by atoms with Gasteiger partial charge in [0.1, 0.15) is 5.69 Å². The third-order valence-electron chi connectivity index (χ3n) is 3.00. The van der Waals surface area contributed by atoms with Crippen LogP contribution in [0.25, 0.3) is 0 Å². The van der Waals surface area contributed by atoms with E-state index in [2.05, 4.69) is 20.4 Å². The summed E-state index contributed by atoms with van der Waals surface area (Å²) in [7, 11) is 1.71. The van der Waals surface area contributed by atoms with Crippen LogP contribution in [0.1, 0.15) is 24.7 Å². The van der Waals surface area contributed by atoms with Crippen molar-refractivity contribution in [1.82, 2.24) is 19.7 Å². The van der Waals surface area contributed by atoms with Gasteiger partial charge in [0.15, 0.2) is 0 Å². The number of aromatic nitrogens is 4. The van der Waals surface area contributed by atoms with Gasteiger partial charge in [0.25, 0.3) is 0 Å². The molecule has 2 N–H and O–H groups in total.